The van der Waals surface area contributed by atoms with Gasteiger partial charge >= 0.3 is 0 Å². The minimum Gasteiger partial charge on any atom is -0.309 e. The normalized spacial score (nSPS) is 14.3. The molecule has 13 aromatic rings. The van der Waals surface area contributed by atoms with E-state index in [0.29, 0.717) is 0 Å². The number of fused-ring (bicyclic) bond motifs is 14. The van der Waals surface area contributed by atoms with Gasteiger partial charge in [-0.05, 0) is 141 Å². The second kappa shape index (κ2) is 13.6. The van der Waals surface area contributed by atoms with E-state index in [2.05, 4.69) is 254 Å². The molecule has 3 aromatic heterocycles. The standard InChI is InChI=1S/C66H47N3/c1-65(2)54-22-12-11-20-46(54)48-38-53-51-36-43(42-28-32-61-49(35-42)47-21-15-24-56-64(47)69(61)62-25-14-13-23-55(62)66(56,3)4)27-31-59(51)68(63(53)39-57(48)65)45-29-33-60-52(37-45)50-34-41(40-16-7-5-8-17-40)26-30-58(50)67(60)44-18-9-6-10-19-44/h5-39H,1-4H3. The van der Waals surface area contributed by atoms with Crippen LogP contribution in [0.25, 0.3) is 116 Å². The molecule has 0 saturated carbocycles. The predicted octanol–water partition coefficient (Wildman–Crippen LogP) is 17.3. The molecule has 0 amide bonds. The van der Waals surface area contributed by atoms with Gasteiger partial charge in [-0.1, -0.05) is 155 Å². The first-order chi connectivity index (χ1) is 33.7. The maximum Gasteiger partial charge on any atom is 0.0582 e. The molecule has 0 unspecified atom stereocenters. The Balaban J connectivity index is 0.980. The van der Waals surface area contributed by atoms with Gasteiger partial charge in [0.1, 0.15) is 0 Å². The molecule has 0 atom stereocenters. The van der Waals surface area contributed by atoms with Crippen LogP contribution in [0.3, 0.4) is 0 Å². The Morgan fingerprint density at radius 1 is 0.275 bits per heavy atom. The lowest BCUT2D eigenvalue weighted by Crippen LogP contribution is -2.26. The molecular weight excluding hydrogens is 835 g/mol. The Morgan fingerprint density at radius 2 is 0.783 bits per heavy atom. The minimum absolute atomic E-state index is 0.104. The van der Waals surface area contributed by atoms with Crippen LogP contribution >= 0.6 is 0 Å². The maximum atomic E-state index is 2.53. The van der Waals surface area contributed by atoms with E-state index in [1.165, 1.54) is 127 Å². The molecule has 10 aromatic carbocycles. The monoisotopic (exact) mass is 881 g/mol. The number of hydrogen-bond donors (Lipinski definition) is 0. The zero-order chi connectivity index (χ0) is 45.9. The van der Waals surface area contributed by atoms with Gasteiger partial charge in [-0.15, -0.1) is 0 Å². The lowest BCUT2D eigenvalue weighted by molar-refractivity contribution is 0.630. The number of nitrogens with zero attached hydrogens (tertiary/aromatic N) is 3. The molecule has 0 spiro atoms. The third kappa shape index (κ3) is 5.17. The Kier molecular flexibility index (Phi) is 7.63. The summed E-state index contributed by atoms with van der Waals surface area (Å²) in [6.45, 7) is 9.52. The average Bonchev–Trinajstić information content (AvgIpc) is 4.08. The fourth-order valence-electron chi connectivity index (χ4n) is 12.8. The van der Waals surface area contributed by atoms with Gasteiger partial charge in [0, 0.05) is 54.5 Å². The van der Waals surface area contributed by atoms with E-state index in [0.717, 1.165) is 11.4 Å². The van der Waals surface area contributed by atoms with E-state index in [1.807, 2.05) is 0 Å². The zero-order valence-corrected chi connectivity index (χ0v) is 39.0. The van der Waals surface area contributed by atoms with Crippen LogP contribution in [0.15, 0.2) is 212 Å². The SMILES string of the molecule is CC1(C)c2ccccc2-c2cc3c4cc(-c5ccc6c(c5)c5cccc7c5n6-c5ccccc5C7(C)C)ccc4n(-c4ccc5c(c4)c4cc(-c6ccccc6)ccc4n5-c4ccccc4)c3cc21. The molecule has 3 heteroatoms. The first kappa shape index (κ1) is 38.7. The van der Waals surface area contributed by atoms with Crippen molar-refractivity contribution < 1.29 is 0 Å². The summed E-state index contributed by atoms with van der Waals surface area (Å²) in [6.07, 6.45) is 0. The van der Waals surface area contributed by atoms with Gasteiger partial charge in [0.2, 0.25) is 0 Å². The minimum atomic E-state index is -0.140. The van der Waals surface area contributed by atoms with E-state index in [4.69, 9.17) is 0 Å². The van der Waals surface area contributed by atoms with Gasteiger partial charge in [0.15, 0.2) is 0 Å². The van der Waals surface area contributed by atoms with E-state index >= 15 is 0 Å². The van der Waals surface area contributed by atoms with Crippen molar-refractivity contribution in [1.29, 1.82) is 0 Å². The summed E-state index contributed by atoms with van der Waals surface area (Å²) >= 11 is 0. The third-order valence-corrected chi connectivity index (χ3v) is 16.2. The summed E-state index contributed by atoms with van der Waals surface area (Å²) in [4.78, 5) is 0. The zero-order valence-electron chi connectivity index (χ0n) is 39.0. The van der Waals surface area contributed by atoms with Gasteiger partial charge in [0.05, 0.1) is 38.8 Å². The highest BCUT2D eigenvalue weighted by Crippen LogP contribution is 2.52. The number of para-hydroxylation sites is 3. The quantitative estimate of drug-likeness (QED) is 0.167. The van der Waals surface area contributed by atoms with E-state index in [-0.39, 0.29) is 10.8 Å². The largest absolute Gasteiger partial charge is 0.309 e. The molecule has 4 heterocycles. The second-order valence-electron chi connectivity index (χ2n) is 20.5. The third-order valence-electron chi connectivity index (χ3n) is 16.2. The van der Waals surface area contributed by atoms with Gasteiger partial charge in [0.25, 0.3) is 0 Å². The number of benzene rings is 10. The Morgan fingerprint density at radius 3 is 1.49 bits per heavy atom. The van der Waals surface area contributed by atoms with Crippen LogP contribution in [0.1, 0.15) is 49.9 Å². The van der Waals surface area contributed by atoms with Crippen molar-refractivity contribution in [2.75, 3.05) is 0 Å². The molecule has 2 aliphatic rings. The Labute approximate surface area is 400 Å². The fourth-order valence-corrected chi connectivity index (χ4v) is 12.8. The summed E-state index contributed by atoms with van der Waals surface area (Å²) in [7, 11) is 0. The van der Waals surface area contributed by atoms with Crippen LogP contribution in [-0.2, 0) is 10.8 Å². The van der Waals surface area contributed by atoms with Crippen LogP contribution in [0.4, 0.5) is 0 Å². The predicted molar refractivity (Wildman–Crippen MR) is 290 cm³/mol. The van der Waals surface area contributed by atoms with Crippen LogP contribution < -0.4 is 0 Å². The molecule has 3 nitrogen and oxygen atoms in total. The van der Waals surface area contributed by atoms with Crippen molar-refractivity contribution >= 4 is 65.4 Å². The summed E-state index contributed by atoms with van der Waals surface area (Å²) < 4.78 is 7.47. The van der Waals surface area contributed by atoms with Crippen molar-refractivity contribution in [3.05, 3.63) is 235 Å². The Hall–Kier alpha value is -8.40. The van der Waals surface area contributed by atoms with Gasteiger partial charge < -0.3 is 13.7 Å². The molecule has 0 fully saturated rings. The lowest BCUT2D eigenvalue weighted by Gasteiger charge is -2.34. The Bertz CT molecular complexity index is 4340. The van der Waals surface area contributed by atoms with Gasteiger partial charge in [-0.25, -0.2) is 0 Å². The molecule has 0 saturated heterocycles. The first-order valence-electron chi connectivity index (χ1n) is 24.3. The molecule has 1 aliphatic heterocycles. The van der Waals surface area contributed by atoms with Crippen LogP contribution in [0, 0.1) is 0 Å². The lowest BCUT2D eigenvalue weighted by atomic mass is 9.75. The van der Waals surface area contributed by atoms with Crippen LogP contribution in [0.2, 0.25) is 0 Å². The number of aromatic nitrogens is 3. The molecule has 0 bridgehead atoms. The average molecular weight is 882 g/mol. The first-order valence-corrected chi connectivity index (χ1v) is 24.3. The molecule has 15 rings (SSSR count). The highest BCUT2D eigenvalue weighted by atomic mass is 15.0. The summed E-state index contributed by atoms with van der Waals surface area (Å²) in [5.74, 6) is 0. The molecule has 0 radical (unpaired) electrons. The summed E-state index contributed by atoms with van der Waals surface area (Å²) in [6, 6.07) is 79.8. The van der Waals surface area contributed by atoms with E-state index in [1.54, 1.807) is 0 Å². The summed E-state index contributed by atoms with van der Waals surface area (Å²) in [5, 5.41) is 7.59. The number of rotatable bonds is 4. The van der Waals surface area contributed by atoms with Crippen LogP contribution in [0.5, 0.6) is 0 Å². The van der Waals surface area contributed by atoms with Crippen molar-refractivity contribution in [2.45, 2.75) is 38.5 Å². The molecule has 326 valence electrons. The number of hydrogen-bond acceptors (Lipinski definition) is 0. The van der Waals surface area contributed by atoms with Gasteiger partial charge in [-0.2, -0.15) is 0 Å². The van der Waals surface area contributed by atoms with Crippen molar-refractivity contribution in [1.82, 2.24) is 13.7 Å². The van der Waals surface area contributed by atoms with E-state index < -0.39 is 0 Å². The molecule has 1 aliphatic carbocycles. The van der Waals surface area contributed by atoms with Crippen molar-refractivity contribution in [3.63, 3.8) is 0 Å². The highest BCUT2D eigenvalue weighted by Gasteiger charge is 2.37. The topological polar surface area (TPSA) is 14.8 Å². The highest BCUT2D eigenvalue weighted by molar-refractivity contribution is 6.16. The summed E-state index contributed by atoms with van der Waals surface area (Å²) in [5.41, 5.74) is 23.8. The molecule has 69 heavy (non-hydrogen) atoms. The fraction of sp³-hybridized carbons (Fsp3) is 0.0909. The van der Waals surface area contributed by atoms with Gasteiger partial charge in [-0.3, -0.25) is 0 Å². The molecular formula is C66H47N3. The van der Waals surface area contributed by atoms with E-state index in [9.17, 15) is 0 Å². The van der Waals surface area contributed by atoms with Crippen LogP contribution in [-0.4, -0.2) is 13.7 Å². The molecule has 0 N–H and O–H groups in total. The van der Waals surface area contributed by atoms with Crippen molar-refractivity contribution in [3.8, 4) is 50.4 Å². The second-order valence-corrected chi connectivity index (χ2v) is 20.5. The van der Waals surface area contributed by atoms with Crippen molar-refractivity contribution in [2.24, 2.45) is 0 Å². The smallest absolute Gasteiger partial charge is 0.0582 e. The maximum absolute atomic E-state index is 2.53.